The maximum absolute atomic E-state index is 8.66. The quantitative estimate of drug-likeness (QED) is 0.206. The van der Waals surface area contributed by atoms with Crippen molar-refractivity contribution in [2.45, 2.75) is 90.6 Å². The van der Waals surface area contributed by atoms with Crippen molar-refractivity contribution in [3.05, 3.63) is 48.6 Å². The van der Waals surface area contributed by atoms with Gasteiger partial charge in [0.05, 0.1) is 0 Å². The summed E-state index contributed by atoms with van der Waals surface area (Å²) in [6, 6.07) is 0. The van der Waals surface area contributed by atoms with Crippen molar-refractivity contribution >= 4 is 16.6 Å². The maximum atomic E-state index is 8.66. The van der Waals surface area contributed by atoms with E-state index in [0.717, 1.165) is 0 Å². The molecule has 0 bridgehead atoms. The van der Waals surface area contributed by atoms with Crippen molar-refractivity contribution in [1.82, 2.24) is 0 Å². The molecule has 0 spiro atoms. The molecule has 6 heteroatoms. The third-order valence-electron chi connectivity index (χ3n) is 2.67. The van der Waals surface area contributed by atoms with Crippen LogP contribution in [0.25, 0.3) is 0 Å². The first-order valence-electron chi connectivity index (χ1n) is 10.0. The van der Waals surface area contributed by atoms with Crippen LogP contribution in [0.5, 0.6) is 0 Å². The van der Waals surface area contributed by atoms with E-state index in [1.165, 1.54) is 51.4 Å². The molecule has 0 amide bonds. The van der Waals surface area contributed by atoms with Crippen LogP contribution in [0, 0.1) is 0 Å². The molecule has 0 saturated heterocycles. The fraction of sp³-hybridized carbons (Fsp3) is 0.636. The zero-order chi connectivity index (χ0) is 20.3. The summed E-state index contributed by atoms with van der Waals surface area (Å²) in [6.45, 7) is 11.3. The van der Waals surface area contributed by atoms with Crippen molar-refractivity contribution in [1.29, 1.82) is 0 Å². The van der Waals surface area contributed by atoms with E-state index >= 15 is 0 Å². The van der Waals surface area contributed by atoms with Crippen molar-refractivity contribution in [3.8, 4) is 0 Å². The minimum absolute atomic E-state index is 0. The third kappa shape index (κ3) is 63.3. The van der Waals surface area contributed by atoms with Gasteiger partial charge in [0.1, 0.15) is 0 Å². The fourth-order valence-electron chi connectivity index (χ4n) is 1.71. The summed E-state index contributed by atoms with van der Waals surface area (Å²) in [5, 5.41) is 0. The minimum atomic E-state index is -1.61. The van der Waals surface area contributed by atoms with Crippen molar-refractivity contribution in [2.24, 2.45) is 0 Å². The van der Waals surface area contributed by atoms with Gasteiger partial charge >= 0.3 is 0 Å². The Morgan fingerprint density at radius 2 is 0.464 bits per heavy atom. The Kier molecular flexibility index (Phi) is 30.7. The van der Waals surface area contributed by atoms with E-state index in [4.69, 9.17) is 9.59 Å². The van der Waals surface area contributed by atoms with Crippen molar-refractivity contribution < 1.29 is 49.8 Å². The fourth-order valence-corrected chi connectivity index (χ4v) is 1.71. The van der Waals surface area contributed by atoms with Gasteiger partial charge in [0, 0.05) is 40.2 Å². The minimum Gasteiger partial charge on any atom is -0.433 e. The molecule has 0 heterocycles. The Bertz CT molecular complexity index is 317. The molecule has 170 valence electrons. The summed E-state index contributed by atoms with van der Waals surface area (Å²) >= 11 is 0. The molecule has 2 aliphatic rings. The van der Waals surface area contributed by atoms with E-state index in [9.17, 15) is 0 Å². The molecule has 2 nitrogen and oxygen atoms in total. The SMILES string of the molecule is C1=C\CC/C=C\CC/1.C1=C\CC/C=C\CC/1.C[Si](C)(C)O.C[Si](C)(C)O.[Ir].[Ir]. The third-order valence-corrected chi connectivity index (χ3v) is 2.67. The molecule has 0 unspecified atom stereocenters. The smallest absolute Gasteiger partial charge is 0.179 e. The van der Waals surface area contributed by atoms with Crippen LogP contribution in [-0.2, 0) is 40.2 Å². The molecule has 2 aliphatic carbocycles. The molecular formula is C22H44Ir2O2Si2. The Morgan fingerprint density at radius 3 is 0.536 bits per heavy atom. The molecule has 2 radical (unpaired) electrons. The van der Waals surface area contributed by atoms with Crippen molar-refractivity contribution in [2.75, 3.05) is 0 Å². The van der Waals surface area contributed by atoms with Crippen LogP contribution in [0.2, 0.25) is 39.3 Å². The second-order valence-corrected chi connectivity index (χ2v) is 17.2. The maximum Gasteiger partial charge on any atom is 0.179 e. The van der Waals surface area contributed by atoms with Crippen LogP contribution >= 0.6 is 0 Å². The summed E-state index contributed by atoms with van der Waals surface area (Å²) in [7, 11) is -3.22. The second kappa shape index (κ2) is 23.9. The van der Waals surface area contributed by atoms with Gasteiger partial charge in [-0.1, -0.05) is 48.6 Å². The Balaban J connectivity index is -0.000000138. The van der Waals surface area contributed by atoms with E-state index in [1.54, 1.807) is 0 Å². The Morgan fingerprint density at radius 1 is 0.393 bits per heavy atom. The van der Waals surface area contributed by atoms with Gasteiger partial charge in [-0.15, -0.1) is 0 Å². The standard InChI is InChI=1S/2C8H12.2C3H10OSi.2Ir/c2*1-2-4-6-8-7-5-3-1;2*1-5(2,3)4;;/h2*1-2,7-8H,3-6H2;2*4H,1-3H3;;/b2*2-1-,8-7-;;;;. The van der Waals surface area contributed by atoms with Crippen LogP contribution in [0.15, 0.2) is 48.6 Å². The van der Waals surface area contributed by atoms with Crippen LogP contribution in [0.1, 0.15) is 51.4 Å². The zero-order valence-electron chi connectivity index (χ0n) is 18.8. The predicted molar refractivity (Wildman–Crippen MR) is 125 cm³/mol. The van der Waals surface area contributed by atoms with Gasteiger partial charge in [-0.2, -0.15) is 0 Å². The molecule has 0 aromatic heterocycles. The van der Waals surface area contributed by atoms with Gasteiger partial charge < -0.3 is 9.59 Å². The van der Waals surface area contributed by atoms with Crippen LogP contribution < -0.4 is 0 Å². The van der Waals surface area contributed by atoms with Gasteiger partial charge in [0.2, 0.25) is 0 Å². The molecule has 0 aromatic carbocycles. The van der Waals surface area contributed by atoms with E-state index in [1.807, 2.05) is 39.3 Å². The summed E-state index contributed by atoms with van der Waals surface area (Å²) in [5.74, 6) is 0. The van der Waals surface area contributed by atoms with Gasteiger partial charge in [0.25, 0.3) is 0 Å². The van der Waals surface area contributed by atoms with E-state index in [-0.39, 0.29) is 40.2 Å². The number of allylic oxidation sites excluding steroid dienone is 8. The molecule has 0 saturated carbocycles. The van der Waals surface area contributed by atoms with E-state index < -0.39 is 16.6 Å². The van der Waals surface area contributed by atoms with Crippen LogP contribution in [0.4, 0.5) is 0 Å². The van der Waals surface area contributed by atoms with Gasteiger partial charge in [-0.3, -0.25) is 0 Å². The van der Waals surface area contributed by atoms with E-state index in [2.05, 4.69) is 48.6 Å². The number of rotatable bonds is 0. The monoisotopic (exact) mass is 782 g/mol. The molecule has 0 aromatic rings. The van der Waals surface area contributed by atoms with E-state index in [0.29, 0.717) is 0 Å². The van der Waals surface area contributed by atoms with Crippen LogP contribution in [0.3, 0.4) is 0 Å². The van der Waals surface area contributed by atoms with Gasteiger partial charge in [-0.25, -0.2) is 0 Å². The number of hydrogen-bond donors (Lipinski definition) is 2. The number of hydrogen-bond acceptors (Lipinski definition) is 2. The summed E-state index contributed by atoms with van der Waals surface area (Å²) in [5.41, 5.74) is 0. The average molecular weight is 781 g/mol. The molecule has 2 rings (SSSR count). The van der Waals surface area contributed by atoms with Gasteiger partial charge in [-0.05, 0) is 90.6 Å². The topological polar surface area (TPSA) is 40.5 Å². The summed E-state index contributed by atoms with van der Waals surface area (Å²) in [6.07, 6.45) is 28.0. The van der Waals surface area contributed by atoms with Crippen molar-refractivity contribution in [3.63, 3.8) is 0 Å². The normalized spacial score (nSPS) is 20.3. The second-order valence-electron chi connectivity index (χ2n) is 8.54. The average Bonchev–Trinajstić information content (AvgIpc) is 2.32. The largest absolute Gasteiger partial charge is 0.433 e. The molecule has 28 heavy (non-hydrogen) atoms. The Hall–Kier alpha value is 0.612. The predicted octanol–water partition coefficient (Wildman–Crippen LogP) is 6.97. The summed E-state index contributed by atoms with van der Waals surface area (Å²) < 4.78 is 0. The first-order valence-corrected chi connectivity index (χ1v) is 16.9. The molecular weight excluding hydrogens is 737 g/mol. The summed E-state index contributed by atoms with van der Waals surface area (Å²) in [4.78, 5) is 17.3. The molecule has 0 fully saturated rings. The molecule has 0 aliphatic heterocycles. The Labute approximate surface area is 204 Å². The molecule has 0 atom stereocenters. The van der Waals surface area contributed by atoms with Gasteiger partial charge in [0.15, 0.2) is 16.6 Å². The zero-order valence-corrected chi connectivity index (χ0v) is 25.6. The van der Waals surface area contributed by atoms with Crippen LogP contribution in [-0.4, -0.2) is 26.2 Å². The molecule has 2 N–H and O–H groups in total. The first kappa shape index (κ1) is 36.0. The first-order chi connectivity index (χ1) is 12.0.